The number of methoxy groups -OCH3 is 1. The fourth-order valence-electron chi connectivity index (χ4n) is 1.95. The van der Waals surface area contributed by atoms with Gasteiger partial charge < -0.3 is 4.74 Å². The first-order chi connectivity index (χ1) is 9.12. The summed E-state index contributed by atoms with van der Waals surface area (Å²) in [7, 11) is 1.31. The van der Waals surface area contributed by atoms with Crippen LogP contribution in [0.4, 0.5) is 0 Å². The number of carbonyl (C=O) groups excluding carboxylic acids is 2. The Morgan fingerprint density at radius 1 is 1.26 bits per heavy atom. The van der Waals surface area contributed by atoms with Gasteiger partial charge in [-0.2, -0.15) is 0 Å². The third-order valence-electron chi connectivity index (χ3n) is 2.98. The van der Waals surface area contributed by atoms with Gasteiger partial charge in [-0.15, -0.1) is 23.5 Å². The van der Waals surface area contributed by atoms with Gasteiger partial charge in [0.25, 0.3) is 0 Å². The third-order valence-corrected chi connectivity index (χ3v) is 6.42. The SMILES string of the molecule is CCCCC1(CC(=O)/C=C/C(=O)OC)SCCCS1. The van der Waals surface area contributed by atoms with Gasteiger partial charge in [0.2, 0.25) is 0 Å². The number of hydrogen-bond donors (Lipinski definition) is 0. The Hall–Kier alpha value is -0.420. The van der Waals surface area contributed by atoms with Crippen molar-refractivity contribution in [1.82, 2.24) is 0 Å². The van der Waals surface area contributed by atoms with Crippen molar-refractivity contribution in [2.45, 2.75) is 43.1 Å². The molecule has 0 unspecified atom stereocenters. The lowest BCUT2D eigenvalue weighted by Crippen LogP contribution is -2.28. The molecule has 108 valence electrons. The minimum absolute atomic E-state index is 0.0170. The quantitative estimate of drug-likeness (QED) is 0.532. The van der Waals surface area contributed by atoms with Gasteiger partial charge in [0, 0.05) is 12.5 Å². The van der Waals surface area contributed by atoms with E-state index in [4.69, 9.17) is 0 Å². The second kappa shape index (κ2) is 8.69. The highest BCUT2D eigenvalue weighted by Crippen LogP contribution is 2.48. The van der Waals surface area contributed by atoms with Crippen LogP contribution < -0.4 is 0 Å². The zero-order chi connectivity index (χ0) is 14.1. The van der Waals surface area contributed by atoms with Crippen LogP contribution in [0.5, 0.6) is 0 Å². The smallest absolute Gasteiger partial charge is 0.330 e. The van der Waals surface area contributed by atoms with E-state index in [1.165, 1.54) is 25.7 Å². The average molecular weight is 302 g/mol. The van der Waals surface area contributed by atoms with Gasteiger partial charge in [-0.25, -0.2) is 4.79 Å². The van der Waals surface area contributed by atoms with Gasteiger partial charge in [0.15, 0.2) is 5.78 Å². The van der Waals surface area contributed by atoms with Crippen molar-refractivity contribution >= 4 is 35.3 Å². The normalized spacial score (nSPS) is 18.4. The summed E-state index contributed by atoms with van der Waals surface area (Å²) >= 11 is 3.82. The summed E-state index contributed by atoms with van der Waals surface area (Å²) in [5, 5.41) is 0. The van der Waals surface area contributed by atoms with Crippen molar-refractivity contribution < 1.29 is 14.3 Å². The van der Waals surface area contributed by atoms with E-state index in [1.54, 1.807) is 0 Å². The van der Waals surface area contributed by atoms with E-state index in [0.717, 1.165) is 30.8 Å². The number of allylic oxidation sites excluding steroid dienone is 1. The van der Waals surface area contributed by atoms with Crippen LogP contribution in [0.25, 0.3) is 0 Å². The Labute approximate surface area is 123 Å². The van der Waals surface area contributed by atoms with E-state index < -0.39 is 5.97 Å². The molecule has 19 heavy (non-hydrogen) atoms. The monoisotopic (exact) mass is 302 g/mol. The molecule has 5 heteroatoms. The minimum Gasteiger partial charge on any atom is -0.466 e. The molecule has 0 bridgehead atoms. The molecule has 0 spiro atoms. The first kappa shape index (κ1) is 16.6. The predicted octanol–water partition coefficient (Wildman–Crippen LogP) is 3.43. The van der Waals surface area contributed by atoms with E-state index in [1.807, 2.05) is 23.5 Å². The van der Waals surface area contributed by atoms with E-state index in [9.17, 15) is 9.59 Å². The Balaban J connectivity index is 2.58. The maximum Gasteiger partial charge on any atom is 0.330 e. The van der Waals surface area contributed by atoms with E-state index >= 15 is 0 Å². The largest absolute Gasteiger partial charge is 0.466 e. The highest BCUT2D eigenvalue weighted by molar-refractivity contribution is 8.18. The zero-order valence-electron chi connectivity index (χ0n) is 11.6. The van der Waals surface area contributed by atoms with Crippen molar-refractivity contribution in [2.24, 2.45) is 0 Å². The maximum atomic E-state index is 12.0. The standard InChI is InChI=1S/C14H22O3S2/c1-3-4-8-14(18-9-5-10-19-14)11-12(15)6-7-13(16)17-2/h6-7H,3-5,8-11H2,1-2H3/b7-6+. The zero-order valence-corrected chi connectivity index (χ0v) is 13.3. The van der Waals surface area contributed by atoms with Crippen molar-refractivity contribution in [3.05, 3.63) is 12.2 Å². The number of ketones is 1. The average Bonchev–Trinajstić information content (AvgIpc) is 2.43. The first-order valence-electron chi connectivity index (χ1n) is 6.68. The Bertz CT molecular complexity index is 334. The van der Waals surface area contributed by atoms with Crippen LogP contribution in [0.3, 0.4) is 0 Å². The number of ether oxygens (including phenoxy) is 1. The number of hydrogen-bond acceptors (Lipinski definition) is 5. The first-order valence-corrected chi connectivity index (χ1v) is 8.66. The summed E-state index contributed by atoms with van der Waals surface area (Å²) in [6.45, 7) is 2.17. The fraction of sp³-hybridized carbons (Fsp3) is 0.714. The van der Waals surface area contributed by atoms with Gasteiger partial charge in [-0.1, -0.05) is 19.8 Å². The highest BCUT2D eigenvalue weighted by Gasteiger charge is 2.34. The molecular weight excluding hydrogens is 280 g/mol. The lowest BCUT2D eigenvalue weighted by Gasteiger charge is -2.35. The van der Waals surface area contributed by atoms with Gasteiger partial charge in [0.1, 0.15) is 0 Å². The highest BCUT2D eigenvalue weighted by atomic mass is 32.2. The lowest BCUT2D eigenvalue weighted by molar-refractivity contribution is -0.135. The van der Waals surface area contributed by atoms with E-state index in [-0.39, 0.29) is 9.86 Å². The Morgan fingerprint density at radius 3 is 2.53 bits per heavy atom. The topological polar surface area (TPSA) is 43.4 Å². The number of carbonyl (C=O) groups is 2. The molecule has 1 rings (SSSR count). The molecule has 0 aromatic rings. The van der Waals surface area contributed by atoms with Crippen LogP contribution in [0.2, 0.25) is 0 Å². The van der Waals surface area contributed by atoms with Gasteiger partial charge in [-0.3, -0.25) is 4.79 Å². The van der Waals surface area contributed by atoms with E-state index in [0.29, 0.717) is 6.42 Å². The molecule has 0 aliphatic carbocycles. The van der Waals surface area contributed by atoms with Crippen LogP contribution in [0.1, 0.15) is 39.0 Å². The summed E-state index contributed by atoms with van der Waals surface area (Å²) in [4.78, 5) is 23.0. The maximum absolute atomic E-state index is 12.0. The molecule has 0 amide bonds. The van der Waals surface area contributed by atoms with Crippen molar-refractivity contribution in [2.75, 3.05) is 18.6 Å². The van der Waals surface area contributed by atoms with Crippen molar-refractivity contribution in [3.63, 3.8) is 0 Å². The number of unbranched alkanes of at least 4 members (excludes halogenated alkanes) is 1. The third kappa shape index (κ3) is 6.04. The van der Waals surface area contributed by atoms with Gasteiger partial charge in [-0.05, 0) is 30.4 Å². The van der Waals surface area contributed by atoms with Crippen LogP contribution in [0, 0.1) is 0 Å². The number of esters is 1. The van der Waals surface area contributed by atoms with Crippen LogP contribution in [-0.2, 0) is 14.3 Å². The molecule has 3 nitrogen and oxygen atoms in total. The molecule has 1 aliphatic heterocycles. The Kier molecular flexibility index (Phi) is 7.61. The molecule has 0 saturated carbocycles. The molecule has 0 atom stereocenters. The molecule has 0 N–H and O–H groups in total. The molecule has 0 radical (unpaired) electrons. The number of thioether (sulfide) groups is 2. The molecule has 1 aliphatic rings. The summed E-state index contributed by atoms with van der Waals surface area (Å²) in [5.41, 5.74) is 0. The fourth-order valence-corrected chi connectivity index (χ4v) is 5.35. The van der Waals surface area contributed by atoms with Crippen molar-refractivity contribution in [3.8, 4) is 0 Å². The second-order valence-corrected chi connectivity index (χ2v) is 7.78. The van der Waals surface area contributed by atoms with Gasteiger partial charge in [0.05, 0.1) is 11.2 Å². The van der Waals surface area contributed by atoms with Gasteiger partial charge >= 0.3 is 5.97 Å². The molecule has 0 aromatic heterocycles. The lowest BCUT2D eigenvalue weighted by atomic mass is 10.1. The van der Waals surface area contributed by atoms with Crippen molar-refractivity contribution in [1.29, 1.82) is 0 Å². The summed E-state index contributed by atoms with van der Waals surface area (Å²) in [6, 6.07) is 0. The molecule has 1 saturated heterocycles. The second-order valence-electron chi connectivity index (χ2n) is 4.56. The van der Waals surface area contributed by atoms with Crippen LogP contribution in [-0.4, -0.2) is 34.4 Å². The molecular formula is C14H22O3S2. The summed E-state index contributed by atoms with van der Waals surface area (Å²) in [6.07, 6.45) is 7.66. The molecule has 0 aromatic carbocycles. The van der Waals surface area contributed by atoms with Crippen LogP contribution >= 0.6 is 23.5 Å². The molecule has 1 heterocycles. The minimum atomic E-state index is -0.472. The van der Waals surface area contributed by atoms with E-state index in [2.05, 4.69) is 11.7 Å². The number of rotatable bonds is 7. The summed E-state index contributed by atoms with van der Waals surface area (Å²) < 4.78 is 4.51. The summed E-state index contributed by atoms with van der Waals surface area (Å²) in [5.74, 6) is 1.80. The Morgan fingerprint density at radius 2 is 1.95 bits per heavy atom. The predicted molar refractivity (Wildman–Crippen MR) is 82.6 cm³/mol. The van der Waals surface area contributed by atoms with Crippen LogP contribution in [0.15, 0.2) is 12.2 Å². The molecule has 1 fully saturated rings.